The second kappa shape index (κ2) is 5.14. The molecule has 0 bridgehead atoms. The topological polar surface area (TPSA) is 49.3 Å². The van der Waals surface area contributed by atoms with Crippen molar-refractivity contribution in [3.05, 3.63) is 0 Å². The minimum Gasteiger partial charge on any atom is -0.481 e. The standard InChI is InChI=1S/C9H17NO2/c11-9(12)7-8-3-1-5-10-6-2-4-8/h8,10H,1-7H2,(H,11,12). The molecule has 3 nitrogen and oxygen atoms in total. The molecule has 0 amide bonds. The molecule has 0 radical (unpaired) electrons. The summed E-state index contributed by atoms with van der Waals surface area (Å²) < 4.78 is 0. The predicted octanol–water partition coefficient (Wildman–Crippen LogP) is 1.24. The van der Waals surface area contributed by atoms with Crippen LogP contribution in [0.2, 0.25) is 0 Å². The molecule has 70 valence electrons. The molecule has 1 fully saturated rings. The summed E-state index contributed by atoms with van der Waals surface area (Å²) in [6.45, 7) is 2.10. The van der Waals surface area contributed by atoms with E-state index in [0.29, 0.717) is 12.3 Å². The minimum atomic E-state index is -0.645. The van der Waals surface area contributed by atoms with E-state index in [4.69, 9.17) is 5.11 Å². The number of aliphatic carboxylic acids is 1. The highest BCUT2D eigenvalue weighted by Gasteiger charge is 2.13. The highest BCUT2D eigenvalue weighted by Crippen LogP contribution is 2.18. The lowest BCUT2D eigenvalue weighted by molar-refractivity contribution is -0.138. The second-order valence-corrected chi connectivity index (χ2v) is 3.50. The fraction of sp³-hybridized carbons (Fsp3) is 0.889. The van der Waals surface area contributed by atoms with Crippen LogP contribution in [-0.4, -0.2) is 24.2 Å². The van der Waals surface area contributed by atoms with Gasteiger partial charge in [0, 0.05) is 6.42 Å². The number of nitrogens with one attached hydrogen (secondary N) is 1. The van der Waals surface area contributed by atoms with Crippen molar-refractivity contribution in [3.63, 3.8) is 0 Å². The van der Waals surface area contributed by atoms with E-state index in [9.17, 15) is 4.79 Å². The summed E-state index contributed by atoms with van der Waals surface area (Å²) in [7, 11) is 0. The highest BCUT2D eigenvalue weighted by molar-refractivity contribution is 5.66. The Morgan fingerprint density at radius 1 is 1.33 bits per heavy atom. The number of rotatable bonds is 2. The predicted molar refractivity (Wildman–Crippen MR) is 47.1 cm³/mol. The Bertz CT molecular complexity index is 139. The average molecular weight is 171 g/mol. The number of carboxylic acids is 1. The molecule has 1 aliphatic rings. The van der Waals surface area contributed by atoms with Gasteiger partial charge in [0.05, 0.1) is 0 Å². The average Bonchev–Trinajstić information content (AvgIpc) is 1.93. The Balaban J connectivity index is 2.24. The van der Waals surface area contributed by atoms with Gasteiger partial charge < -0.3 is 10.4 Å². The van der Waals surface area contributed by atoms with Crippen LogP contribution in [0.25, 0.3) is 0 Å². The van der Waals surface area contributed by atoms with Crippen LogP contribution in [0.3, 0.4) is 0 Å². The molecule has 1 aliphatic heterocycles. The van der Waals surface area contributed by atoms with Gasteiger partial charge >= 0.3 is 5.97 Å². The molecule has 1 saturated heterocycles. The van der Waals surface area contributed by atoms with Crippen molar-refractivity contribution in [2.75, 3.05) is 13.1 Å². The first kappa shape index (κ1) is 9.52. The van der Waals surface area contributed by atoms with E-state index < -0.39 is 5.97 Å². The van der Waals surface area contributed by atoms with Crippen molar-refractivity contribution >= 4 is 5.97 Å². The molecule has 0 spiro atoms. The number of carbonyl (C=O) groups is 1. The van der Waals surface area contributed by atoms with Gasteiger partial charge in [-0.25, -0.2) is 0 Å². The largest absolute Gasteiger partial charge is 0.481 e. The number of carboxylic acid groups (broad SMARTS) is 1. The van der Waals surface area contributed by atoms with Crippen molar-refractivity contribution in [2.24, 2.45) is 5.92 Å². The lowest BCUT2D eigenvalue weighted by atomic mass is 9.93. The number of hydrogen-bond acceptors (Lipinski definition) is 2. The Morgan fingerprint density at radius 3 is 2.42 bits per heavy atom. The summed E-state index contributed by atoms with van der Waals surface area (Å²) in [5.74, 6) is -0.224. The van der Waals surface area contributed by atoms with Crippen LogP contribution >= 0.6 is 0 Å². The van der Waals surface area contributed by atoms with E-state index in [0.717, 1.165) is 38.8 Å². The maximum absolute atomic E-state index is 10.5. The van der Waals surface area contributed by atoms with Crippen molar-refractivity contribution in [2.45, 2.75) is 32.1 Å². The van der Waals surface area contributed by atoms with Crippen LogP contribution < -0.4 is 5.32 Å². The Hall–Kier alpha value is -0.570. The van der Waals surface area contributed by atoms with E-state index in [1.54, 1.807) is 0 Å². The highest BCUT2D eigenvalue weighted by atomic mass is 16.4. The summed E-state index contributed by atoms with van der Waals surface area (Å²) >= 11 is 0. The van der Waals surface area contributed by atoms with E-state index >= 15 is 0 Å². The van der Waals surface area contributed by atoms with E-state index in [-0.39, 0.29) is 0 Å². The zero-order valence-electron chi connectivity index (χ0n) is 7.38. The van der Waals surface area contributed by atoms with Gasteiger partial charge in [-0.3, -0.25) is 4.79 Å². The summed E-state index contributed by atoms with van der Waals surface area (Å²) in [4.78, 5) is 10.5. The molecule has 12 heavy (non-hydrogen) atoms. The molecule has 0 aromatic heterocycles. The molecular formula is C9H17NO2. The molecule has 1 heterocycles. The Labute approximate surface area is 73.2 Å². The van der Waals surface area contributed by atoms with Crippen LogP contribution in [0.5, 0.6) is 0 Å². The van der Waals surface area contributed by atoms with Crippen LogP contribution in [-0.2, 0) is 4.79 Å². The summed E-state index contributed by atoms with van der Waals surface area (Å²) in [5.41, 5.74) is 0. The normalized spacial score (nSPS) is 21.3. The summed E-state index contributed by atoms with van der Waals surface area (Å²) in [6.07, 6.45) is 4.74. The van der Waals surface area contributed by atoms with Gasteiger partial charge in [0.1, 0.15) is 0 Å². The zero-order valence-corrected chi connectivity index (χ0v) is 7.38. The van der Waals surface area contributed by atoms with E-state index in [1.165, 1.54) is 0 Å². The van der Waals surface area contributed by atoms with Crippen molar-refractivity contribution in [1.29, 1.82) is 0 Å². The minimum absolute atomic E-state index is 0.361. The quantitative estimate of drug-likeness (QED) is 0.657. The van der Waals surface area contributed by atoms with Crippen LogP contribution in [0.1, 0.15) is 32.1 Å². The molecule has 0 saturated carbocycles. The van der Waals surface area contributed by atoms with Gasteiger partial charge in [-0.15, -0.1) is 0 Å². The molecule has 1 rings (SSSR count). The first-order valence-corrected chi connectivity index (χ1v) is 4.71. The third kappa shape index (κ3) is 3.72. The number of hydrogen-bond donors (Lipinski definition) is 2. The molecule has 0 aromatic carbocycles. The van der Waals surface area contributed by atoms with Gasteiger partial charge in [0.15, 0.2) is 0 Å². The van der Waals surface area contributed by atoms with Gasteiger partial charge in [-0.05, 0) is 44.7 Å². The second-order valence-electron chi connectivity index (χ2n) is 3.50. The smallest absolute Gasteiger partial charge is 0.303 e. The van der Waals surface area contributed by atoms with Crippen LogP contribution in [0.4, 0.5) is 0 Å². The lowest BCUT2D eigenvalue weighted by Crippen LogP contribution is -2.22. The molecule has 0 aromatic rings. The van der Waals surface area contributed by atoms with E-state index in [1.807, 2.05) is 0 Å². The third-order valence-electron chi connectivity index (χ3n) is 2.40. The van der Waals surface area contributed by atoms with Gasteiger partial charge in [-0.1, -0.05) is 0 Å². The first-order valence-electron chi connectivity index (χ1n) is 4.71. The molecule has 0 atom stereocenters. The van der Waals surface area contributed by atoms with Crippen molar-refractivity contribution in [1.82, 2.24) is 5.32 Å². The van der Waals surface area contributed by atoms with Gasteiger partial charge in [-0.2, -0.15) is 0 Å². The third-order valence-corrected chi connectivity index (χ3v) is 2.40. The van der Waals surface area contributed by atoms with Crippen LogP contribution in [0, 0.1) is 5.92 Å². The molecule has 0 unspecified atom stereocenters. The van der Waals surface area contributed by atoms with Gasteiger partial charge in [0.25, 0.3) is 0 Å². The van der Waals surface area contributed by atoms with Gasteiger partial charge in [0.2, 0.25) is 0 Å². The Morgan fingerprint density at radius 2 is 1.92 bits per heavy atom. The molecular weight excluding hydrogens is 154 g/mol. The molecule has 3 heteroatoms. The SMILES string of the molecule is O=C(O)CC1CCCNCCC1. The fourth-order valence-corrected chi connectivity index (χ4v) is 1.75. The monoisotopic (exact) mass is 171 g/mol. The zero-order chi connectivity index (χ0) is 8.81. The van der Waals surface area contributed by atoms with Crippen molar-refractivity contribution < 1.29 is 9.90 Å². The summed E-state index contributed by atoms with van der Waals surface area (Å²) in [6, 6.07) is 0. The maximum Gasteiger partial charge on any atom is 0.303 e. The van der Waals surface area contributed by atoms with Crippen molar-refractivity contribution in [3.8, 4) is 0 Å². The van der Waals surface area contributed by atoms with Crippen LogP contribution in [0.15, 0.2) is 0 Å². The summed E-state index contributed by atoms with van der Waals surface area (Å²) in [5, 5.41) is 11.9. The van der Waals surface area contributed by atoms with E-state index in [2.05, 4.69) is 5.32 Å². The molecule has 0 aliphatic carbocycles. The lowest BCUT2D eigenvalue weighted by Gasteiger charge is -2.18. The first-order chi connectivity index (χ1) is 5.79. The maximum atomic E-state index is 10.5. The fourth-order valence-electron chi connectivity index (χ4n) is 1.75. The Kier molecular flexibility index (Phi) is 4.08. The molecule has 2 N–H and O–H groups in total.